The highest BCUT2D eigenvalue weighted by Crippen LogP contribution is 2.30. The van der Waals surface area contributed by atoms with Crippen molar-refractivity contribution in [2.75, 3.05) is 31.1 Å². The molecule has 3 N–H and O–H groups in total. The third-order valence-corrected chi connectivity index (χ3v) is 4.38. The van der Waals surface area contributed by atoms with Gasteiger partial charge in [0.1, 0.15) is 0 Å². The second kappa shape index (κ2) is 6.97. The van der Waals surface area contributed by atoms with Gasteiger partial charge in [0.05, 0.1) is 5.56 Å². The Morgan fingerprint density at radius 2 is 1.88 bits per heavy atom. The number of aromatic nitrogens is 2. The average Bonchev–Trinajstić information content (AvgIpc) is 3.15. The minimum atomic E-state index is -0.620. The van der Waals surface area contributed by atoms with Crippen molar-refractivity contribution in [1.29, 1.82) is 0 Å². The number of benzene rings is 1. The Kier molecular flexibility index (Phi) is 4.37. The molecule has 0 aliphatic carbocycles. The zero-order valence-corrected chi connectivity index (χ0v) is 14.2. The summed E-state index contributed by atoms with van der Waals surface area (Å²) in [6.07, 6.45) is 3.30. The lowest BCUT2D eigenvalue weighted by atomic mass is 10.1. The molecule has 3 heterocycles. The van der Waals surface area contributed by atoms with Crippen molar-refractivity contribution in [3.8, 4) is 22.8 Å². The van der Waals surface area contributed by atoms with Crippen molar-refractivity contribution in [2.24, 2.45) is 5.73 Å². The van der Waals surface area contributed by atoms with Crippen LogP contribution in [0.5, 0.6) is 0 Å². The summed E-state index contributed by atoms with van der Waals surface area (Å²) < 4.78 is 5.86. The highest BCUT2D eigenvalue weighted by Gasteiger charge is 2.21. The third-order valence-electron chi connectivity index (χ3n) is 4.38. The van der Waals surface area contributed by atoms with Gasteiger partial charge < -0.3 is 20.4 Å². The quantitative estimate of drug-likeness (QED) is 0.747. The van der Waals surface area contributed by atoms with Crippen LogP contribution in [0.1, 0.15) is 10.5 Å². The molecule has 0 saturated carbocycles. The molecule has 1 aromatic carbocycles. The molecule has 132 valence electrons. The van der Waals surface area contributed by atoms with Crippen molar-refractivity contribution in [3.63, 3.8) is 0 Å². The predicted octanol–water partition coefficient (Wildman–Crippen LogP) is 1.91. The summed E-state index contributed by atoms with van der Waals surface area (Å²) in [7, 11) is 0. The lowest BCUT2D eigenvalue weighted by Gasteiger charge is -2.29. The summed E-state index contributed by atoms with van der Waals surface area (Å²) in [6, 6.07) is 11.5. The Labute approximate surface area is 150 Å². The van der Waals surface area contributed by atoms with Crippen LogP contribution in [0.2, 0.25) is 0 Å². The molecule has 1 amide bonds. The number of carbonyl (C=O) groups excluding carboxylic acids is 1. The van der Waals surface area contributed by atoms with Crippen LogP contribution in [-0.2, 0) is 0 Å². The first kappa shape index (κ1) is 16.3. The van der Waals surface area contributed by atoms with Gasteiger partial charge in [0.2, 0.25) is 5.89 Å². The molecule has 1 aliphatic rings. The molecule has 7 nitrogen and oxygen atoms in total. The Morgan fingerprint density at radius 1 is 1.12 bits per heavy atom. The summed E-state index contributed by atoms with van der Waals surface area (Å²) in [6.45, 7) is 3.90. The fourth-order valence-corrected chi connectivity index (χ4v) is 3.04. The molecule has 1 fully saturated rings. The number of hydrogen-bond acceptors (Lipinski definition) is 6. The number of rotatable bonds is 4. The monoisotopic (exact) mass is 349 g/mol. The van der Waals surface area contributed by atoms with Gasteiger partial charge >= 0.3 is 0 Å². The molecule has 2 aromatic heterocycles. The van der Waals surface area contributed by atoms with E-state index in [0.717, 1.165) is 37.4 Å². The van der Waals surface area contributed by atoms with Gasteiger partial charge in [-0.25, -0.2) is 4.98 Å². The Morgan fingerprint density at radius 3 is 2.54 bits per heavy atom. The SMILES string of the molecule is NC(=O)c1nc(-c2cccnc2)oc1-c1ccc(N2CCNCC2)cc1. The topological polar surface area (TPSA) is 97.3 Å². The van der Waals surface area contributed by atoms with E-state index in [2.05, 4.69) is 20.2 Å². The minimum absolute atomic E-state index is 0.124. The molecular formula is C19H19N5O2. The highest BCUT2D eigenvalue weighted by molar-refractivity contribution is 5.97. The molecule has 1 saturated heterocycles. The number of carbonyl (C=O) groups is 1. The summed E-state index contributed by atoms with van der Waals surface area (Å²) in [4.78, 5) is 22.5. The minimum Gasteiger partial charge on any atom is -0.435 e. The standard InChI is InChI=1S/C19H19N5O2/c20-18(25)16-17(26-19(23-16)14-2-1-7-22-12-14)13-3-5-15(6-4-13)24-10-8-21-9-11-24/h1-7,12,21H,8-11H2,(H2,20,25). The second-order valence-electron chi connectivity index (χ2n) is 6.09. The predicted molar refractivity (Wildman–Crippen MR) is 98.8 cm³/mol. The van der Waals surface area contributed by atoms with Gasteiger partial charge in [-0.15, -0.1) is 0 Å². The first-order valence-corrected chi connectivity index (χ1v) is 8.49. The lowest BCUT2D eigenvalue weighted by molar-refractivity contribution is 0.0996. The van der Waals surface area contributed by atoms with Crippen molar-refractivity contribution < 1.29 is 9.21 Å². The van der Waals surface area contributed by atoms with Gasteiger partial charge in [0, 0.05) is 49.8 Å². The number of amides is 1. The molecule has 0 radical (unpaired) electrons. The van der Waals surface area contributed by atoms with Crippen LogP contribution < -0.4 is 16.0 Å². The average molecular weight is 349 g/mol. The van der Waals surface area contributed by atoms with E-state index < -0.39 is 5.91 Å². The summed E-state index contributed by atoms with van der Waals surface area (Å²) in [5, 5.41) is 3.34. The Bertz CT molecular complexity index is 899. The first-order chi connectivity index (χ1) is 12.7. The van der Waals surface area contributed by atoms with Crippen LogP contribution >= 0.6 is 0 Å². The highest BCUT2D eigenvalue weighted by atomic mass is 16.4. The van der Waals surface area contributed by atoms with Gasteiger partial charge in [-0.3, -0.25) is 9.78 Å². The Hall–Kier alpha value is -3.19. The number of nitrogens with two attached hydrogens (primary N) is 1. The van der Waals surface area contributed by atoms with Gasteiger partial charge in [-0.2, -0.15) is 0 Å². The van der Waals surface area contributed by atoms with Crippen molar-refractivity contribution >= 4 is 11.6 Å². The van der Waals surface area contributed by atoms with Gasteiger partial charge in [-0.05, 0) is 36.4 Å². The Balaban J connectivity index is 1.68. The summed E-state index contributed by atoms with van der Waals surface area (Å²) in [5.74, 6) is 0.0846. The molecule has 3 aromatic rings. The second-order valence-corrected chi connectivity index (χ2v) is 6.09. The maximum atomic E-state index is 11.8. The summed E-state index contributed by atoms with van der Waals surface area (Å²) >= 11 is 0. The maximum absolute atomic E-state index is 11.8. The van der Waals surface area contributed by atoms with Crippen molar-refractivity contribution in [3.05, 3.63) is 54.5 Å². The van der Waals surface area contributed by atoms with Crippen molar-refractivity contribution in [2.45, 2.75) is 0 Å². The van der Waals surface area contributed by atoms with Crippen LogP contribution in [0.4, 0.5) is 5.69 Å². The van der Waals surface area contributed by atoms with Gasteiger partial charge in [0.25, 0.3) is 5.91 Å². The zero-order valence-electron chi connectivity index (χ0n) is 14.2. The third kappa shape index (κ3) is 3.16. The van der Waals surface area contributed by atoms with E-state index in [0.29, 0.717) is 17.2 Å². The summed E-state index contributed by atoms with van der Waals surface area (Å²) in [5.41, 5.74) is 8.22. The molecule has 26 heavy (non-hydrogen) atoms. The normalized spacial score (nSPS) is 14.4. The largest absolute Gasteiger partial charge is 0.435 e. The van der Waals surface area contributed by atoms with E-state index in [4.69, 9.17) is 10.2 Å². The van der Waals surface area contributed by atoms with Gasteiger partial charge in [-0.1, -0.05) is 0 Å². The number of pyridine rings is 1. The van der Waals surface area contributed by atoms with E-state index in [1.807, 2.05) is 30.3 Å². The molecular weight excluding hydrogens is 330 g/mol. The number of oxazole rings is 1. The maximum Gasteiger partial charge on any atom is 0.271 e. The fraction of sp³-hybridized carbons (Fsp3) is 0.211. The molecule has 0 unspecified atom stereocenters. The van der Waals surface area contributed by atoms with E-state index in [1.165, 1.54) is 0 Å². The van der Waals surface area contributed by atoms with Crippen LogP contribution in [-0.4, -0.2) is 42.1 Å². The number of nitrogens with one attached hydrogen (secondary N) is 1. The smallest absolute Gasteiger partial charge is 0.271 e. The number of nitrogens with zero attached hydrogens (tertiary/aromatic N) is 3. The molecule has 0 spiro atoms. The van der Waals surface area contributed by atoms with Crippen LogP contribution in [0.3, 0.4) is 0 Å². The molecule has 7 heteroatoms. The van der Waals surface area contributed by atoms with E-state index >= 15 is 0 Å². The first-order valence-electron chi connectivity index (χ1n) is 8.49. The lowest BCUT2D eigenvalue weighted by Crippen LogP contribution is -2.43. The number of hydrogen-bond donors (Lipinski definition) is 2. The van der Waals surface area contributed by atoms with Crippen LogP contribution in [0.25, 0.3) is 22.8 Å². The fourth-order valence-electron chi connectivity index (χ4n) is 3.04. The molecule has 0 bridgehead atoms. The van der Waals surface area contributed by atoms with E-state index in [1.54, 1.807) is 18.5 Å². The molecule has 4 rings (SSSR count). The van der Waals surface area contributed by atoms with Crippen LogP contribution in [0.15, 0.2) is 53.2 Å². The number of anilines is 1. The molecule has 0 atom stereocenters. The molecule has 1 aliphatic heterocycles. The van der Waals surface area contributed by atoms with Crippen LogP contribution in [0, 0.1) is 0 Å². The van der Waals surface area contributed by atoms with Crippen molar-refractivity contribution in [1.82, 2.24) is 15.3 Å². The number of piperazine rings is 1. The van der Waals surface area contributed by atoms with Gasteiger partial charge in [0.15, 0.2) is 11.5 Å². The number of primary amides is 1. The van der Waals surface area contributed by atoms with E-state index in [9.17, 15) is 4.79 Å². The zero-order chi connectivity index (χ0) is 17.9. The van der Waals surface area contributed by atoms with E-state index in [-0.39, 0.29) is 5.69 Å².